The second-order valence-electron chi connectivity index (χ2n) is 6.37. The maximum atomic E-state index is 12.1. The Morgan fingerprint density at radius 3 is 2.28 bits per heavy atom. The molecule has 0 aliphatic heterocycles. The molecule has 0 fully saturated rings. The molecule has 2 rings (SSSR count). The van der Waals surface area contributed by atoms with Crippen LogP contribution in [-0.4, -0.2) is 18.4 Å². The molecule has 0 aliphatic carbocycles. The van der Waals surface area contributed by atoms with Crippen molar-refractivity contribution in [2.45, 2.75) is 40.2 Å². The Morgan fingerprint density at radius 2 is 1.68 bits per heavy atom. The molecule has 0 radical (unpaired) electrons. The highest BCUT2D eigenvalue weighted by Gasteiger charge is 2.12. The minimum absolute atomic E-state index is 0.0386. The van der Waals surface area contributed by atoms with Gasteiger partial charge in [0.1, 0.15) is 0 Å². The zero-order valence-corrected chi connectivity index (χ0v) is 15.3. The third kappa shape index (κ3) is 5.18. The fraction of sp³-hybridized carbons (Fsp3) is 0.333. The molecule has 1 unspecified atom stereocenters. The van der Waals surface area contributed by atoms with Crippen molar-refractivity contribution in [3.8, 4) is 0 Å². The fourth-order valence-corrected chi connectivity index (χ4v) is 2.56. The summed E-state index contributed by atoms with van der Waals surface area (Å²) in [6.07, 6.45) is 0.992. The van der Waals surface area contributed by atoms with Crippen molar-refractivity contribution in [1.82, 2.24) is 10.6 Å². The van der Waals surface area contributed by atoms with Gasteiger partial charge in [-0.1, -0.05) is 37.3 Å². The van der Waals surface area contributed by atoms with E-state index in [9.17, 15) is 9.59 Å². The number of carbonyl (C=O) groups is 2. The quantitative estimate of drug-likeness (QED) is 0.847. The average molecular weight is 338 g/mol. The summed E-state index contributed by atoms with van der Waals surface area (Å²) in [5.74, 6) is -0.442. The third-order valence-corrected chi connectivity index (χ3v) is 4.44. The summed E-state index contributed by atoms with van der Waals surface area (Å²) in [6, 6.07) is 13.6. The Morgan fingerprint density at radius 1 is 1.00 bits per heavy atom. The lowest BCUT2D eigenvalue weighted by molar-refractivity contribution is -0.120. The van der Waals surface area contributed by atoms with Gasteiger partial charge in [0.15, 0.2) is 0 Å². The van der Waals surface area contributed by atoms with Crippen molar-refractivity contribution < 1.29 is 9.59 Å². The first-order valence-electron chi connectivity index (χ1n) is 8.64. The molecular formula is C21H26N2O2. The van der Waals surface area contributed by atoms with Crippen LogP contribution in [0.4, 0.5) is 0 Å². The molecule has 0 saturated carbocycles. The predicted molar refractivity (Wildman–Crippen MR) is 101 cm³/mol. The van der Waals surface area contributed by atoms with Crippen molar-refractivity contribution in [2.75, 3.05) is 6.54 Å². The van der Waals surface area contributed by atoms with Crippen LogP contribution in [-0.2, 0) is 11.2 Å². The van der Waals surface area contributed by atoms with Gasteiger partial charge in [-0.15, -0.1) is 0 Å². The average Bonchev–Trinajstić information content (AvgIpc) is 2.62. The number of hydrogen-bond donors (Lipinski definition) is 2. The van der Waals surface area contributed by atoms with Crippen LogP contribution in [0.15, 0.2) is 42.5 Å². The molecule has 2 aromatic rings. The van der Waals surface area contributed by atoms with E-state index >= 15 is 0 Å². The van der Waals surface area contributed by atoms with Gasteiger partial charge < -0.3 is 10.6 Å². The zero-order valence-electron chi connectivity index (χ0n) is 15.3. The second-order valence-corrected chi connectivity index (χ2v) is 6.37. The van der Waals surface area contributed by atoms with Crippen LogP contribution >= 0.6 is 0 Å². The maximum Gasteiger partial charge on any atom is 0.251 e. The lowest BCUT2D eigenvalue weighted by Crippen LogP contribution is -2.38. The summed E-state index contributed by atoms with van der Waals surface area (Å²) in [7, 11) is 0. The summed E-state index contributed by atoms with van der Waals surface area (Å²) in [6.45, 7) is 7.97. The minimum atomic E-state index is -0.238. The summed E-state index contributed by atoms with van der Waals surface area (Å²) >= 11 is 0. The SMILES string of the molecule is CCc1ccc(C(C)NC(=O)CNC(=O)c2ccc(C)c(C)c2)cc1. The summed E-state index contributed by atoms with van der Waals surface area (Å²) in [5.41, 5.74) is 5.08. The van der Waals surface area contributed by atoms with Crippen LogP contribution in [0.25, 0.3) is 0 Å². The summed E-state index contributed by atoms with van der Waals surface area (Å²) in [4.78, 5) is 24.2. The molecule has 0 saturated heterocycles. The molecule has 0 aliphatic rings. The smallest absolute Gasteiger partial charge is 0.251 e. The Labute approximate surface area is 149 Å². The van der Waals surface area contributed by atoms with E-state index in [0.717, 1.165) is 23.1 Å². The Bertz CT molecular complexity index is 751. The molecular weight excluding hydrogens is 312 g/mol. The van der Waals surface area contributed by atoms with Gasteiger partial charge in [-0.2, -0.15) is 0 Å². The predicted octanol–water partition coefficient (Wildman–Crippen LogP) is 3.47. The molecule has 2 amide bonds. The number of benzene rings is 2. The van der Waals surface area contributed by atoms with Crippen molar-refractivity contribution in [2.24, 2.45) is 0 Å². The zero-order chi connectivity index (χ0) is 18.4. The molecule has 4 nitrogen and oxygen atoms in total. The van der Waals surface area contributed by atoms with Crippen LogP contribution < -0.4 is 10.6 Å². The van der Waals surface area contributed by atoms with E-state index in [1.165, 1.54) is 5.56 Å². The molecule has 2 N–H and O–H groups in total. The Balaban J connectivity index is 1.86. The molecule has 25 heavy (non-hydrogen) atoms. The lowest BCUT2D eigenvalue weighted by atomic mass is 10.0. The number of rotatable bonds is 6. The molecule has 0 bridgehead atoms. The number of carbonyl (C=O) groups excluding carboxylic acids is 2. The van der Waals surface area contributed by atoms with E-state index in [1.54, 1.807) is 6.07 Å². The monoisotopic (exact) mass is 338 g/mol. The van der Waals surface area contributed by atoms with Gasteiger partial charge >= 0.3 is 0 Å². The Kier molecular flexibility index (Phi) is 6.34. The van der Waals surface area contributed by atoms with Crippen LogP contribution in [0.5, 0.6) is 0 Å². The van der Waals surface area contributed by atoms with Gasteiger partial charge in [0, 0.05) is 5.56 Å². The van der Waals surface area contributed by atoms with Crippen LogP contribution in [0.2, 0.25) is 0 Å². The molecule has 0 spiro atoms. The van der Waals surface area contributed by atoms with E-state index in [0.29, 0.717) is 5.56 Å². The highest BCUT2D eigenvalue weighted by molar-refractivity contribution is 5.96. The van der Waals surface area contributed by atoms with Gasteiger partial charge in [-0.3, -0.25) is 9.59 Å². The van der Waals surface area contributed by atoms with Crippen molar-refractivity contribution in [3.05, 3.63) is 70.3 Å². The Hall–Kier alpha value is -2.62. The fourth-order valence-electron chi connectivity index (χ4n) is 2.56. The number of amides is 2. The highest BCUT2D eigenvalue weighted by atomic mass is 16.2. The van der Waals surface area contributed by atoms with Crippen molar-refractivity contribution in [3.63, 3.8) is 0 Å². The summed E-state index contributed by atoms with van der Waals surface area (Å²) in [5, 5.41) is 5.58. The van der Waals surface area contributed by atoms with E-state index in [4.69, 9.17) is 0 Å². The van der Waals surface area contributed by atoms with Crippen molar-refractivity contribution in [1.29, 1.82) is 0 Å². The first kappa shape index (κ1) is 18.7. The van der Waals surface area contributed by atoms with E-state index < -0.39 is 0 Å². The van der Waals surface area contributed by atoms with Gasteiger partial charge in [-0.05, 0) is 61.6 Å². The van der Waals surface area contributed by atoms with Crippen LogP contribution in [0.3, 0.4) is 0 Å². The molecule has 2 aromatic carbocycles. The molecule has 0 heterocycles. The topological polar surface area (TPSA) is 58.2 Å². The third-order valence-electron chi connectivity index (χ3n) is 4.44. The van der Waals surface area contributed by atoms with E-state index in [2.05, 4.69) is 29.7 Å². The molecule has 4 heteroatoms. The minimum Gasteiger partial charge on any atom is -0.348 e. The normalized spacial score (nSPS) is 11.7. The van der Waals surface area contributed by atoms with Crippen molar-refractivity contribution >= 4 is 11.8 Å². The van der Waals surface area contributed by atoms with Gasteiger partial charge in [0.25, 0.3) is 5.91 Å². The number of hydrogen-bond acceptors (Lipinski definition) is 2. The van der Waals surface area contributed by atoms with Gasteiger partial charge in [0.2, 0.25) is 5.91 Å². The van der Waals surface area contributed by atoms with Crippen LogP contribution in [0, 0.1) is 13.8 Å². The second kappa shape index (κ2) is 8.47. The first-order valence-corrected chi connectivity index (χ1v) is 8.64. The van der Waals surface area contributed by atoms with E-state index in [1.807, 2.05) is 45.0 Å². The van der Waals surface area contributed by atoms with Gasteiger partial charge in [0.05, 0.1) is 12.6 Å². The summed E-state index contributed by atoms with van der Waals surface area (Å²) < 4.78 is 0. The first-order chi connectivity index (χ1) is 11.9. The maximum absolute atomic E-state index is 12.1. The van der Waals surface area contributed by atoms with Gasteiger partial charge in [-0.25, -0.2) is 0 Å². The highest BCUT2D eigenvalue weighted by Crippen LogP contribution is 2.13. The number of nitrogens with one attached hydrogen (secondary N) is 2. The van der Waals surface area contributed by atoms with Crippen LogP contribution in [0.1, 0.15) is 52.5 Å². The molecule has 0 aromatic heterocycles. The standard InChI is InChI=1S/C21H26N2O2/c1-5-17-7-10-18(11-8-17)16(4)23-20(24)13-22-21(25)19-9-6-14(2)15(3)12-19/h6-12,16H,5,13H2,1-4H3,(H,22,25)(H,23,24). The molecule has 1 atom stereocenters. The lowest BCUT2D eigenvalue weighted by Gasteiger charge is -2.15. The number of aryl methyl sites for hydroxylation is 3. The largest absolute Gasteiger partial charge is 0.348 e. The van der Waals surface area contributed by atoms with E-state index in [-0.39, 0.29) is 24.4 Å². The molecule has 132 valence electrons.